The molecule has 1 atom stereocenters. The second kappa shape index (κ2) is 7.04. The fourth-order valence-corrected chi connectivity index (χ4v) is 3.99. The molecule has 6 nitrogen and oxygen atoms in total. The second-order valence-corrected chi connectivity index (χ2v) is 7.83. The summed E-state index contributed by atoms with van der Waals surface area (Å²) in [5, 5.41) is 5.99. The Labute approximate surface area is 172 Å². The fraction of sp³-hybridized carbons (Fsp3) is 0.227. The van der Waals surface area contributed by atoms with Crippen LogP contribution in [0.3, 0.4) is 0 Å². The van der Waals surface area contributed by atoms with Crippen LogP contribution in [0.15, 0.2) is 53.2 Å². The molecule has 7 heteroatoms. The number of hydrogen-bond donors (Lipinski definition) is 1. The second-order valence-electron chi connectivity index (χ2n) is 7.42. The van der Waals surface area contributed by atoms with E-state index in [0.717, 1.165) is 27.7 Å². The lowest BCUT2D eigenvalue weighted by atomic mass is 10.1. The Balaban J connectivity index is 1.34. The van der Waals surface area contributed by atoms with Crippen molar-refractivity contribution in [3.63, 3.8) is 0 Å². The van der Waals surface area contributed by atoms with Gasteiger partial charge in [0.2, 0.25) is 11.8 Å². The van der Waals surface area contributed by atoms with Gasteiger partial charge in [0.15, 0.2) is 5.82 Å². The summed E-state index contributed by atoms with van der Waals surface area (Å²) in [5.41, 5.74) is 3.98. The zero-order chi connectivity index (χ0) is 20.0. The predicted octanol–water partition coefficient (Wildman–Crippen LogP) is 4.62. The van der Waals surface area contributed by atoms with Gasteiger partial charge in [-0.2, -0.15) is 4.98 Å². The van der Waals surface area contributed by atoms with E-state index < -0.39 is 0 Å². The Morgan fingerprint density at radius 2 is 2.14 bits per heavy atom. The van der Waals surface area contributed by atoms with Crippen molar-refractivity contribution in [2.75, 3.05) is 11.4 Å². The molecular formula is C22H19ClN4O2. The Hall–Kier alpha value is -3.12. The van der Waals surface area contributed by atoms with Gasteiger partial charge in [0.1, 0.15) is 0 Å². The minimum Gasteiger partial charge on any atom is -0.361 e. The summed E-state index contributed by atoms with van der Waals surface area (Å²) in [4.78, 5) is 22.2. The normalized spacial score (nSPS) is 16.8. The molecule has 0 radical (unpaired) electrons. The number of aryl methyl sites for hydroxylation is 1. The number of benzene rings is 2. The average molecular weight is 407 g/mol. The van der Waals surface area contributed by atoms with Crippen molar-refractivity contribution in [3.8, 4) is 0 Å². The molecule has 0 bridgehead atoms. The zero-order valence-electron chi connectivity index (χ0n) is 15.9. The van der Waals surface area contributed by atoms with Crippen LogP contribution in [-0.2, 0) is 11.2 Å². The van der Waals surface area contributed by atoms with Crippen molar-refractivity contribution in [2.45, 2.75) is 25.7 Å². The number of para-hydroxylation sites is 1. The smallest absolute Gasteiger partial charge is 0.231 e. The van der Waals surface area contributed by atoms with E-state index >= 15 is 0 Å². The Morgan fingerprint density at radius 1 is 1.28 bits per heavy atom. The summed E-state index contributed by atoms with van der Waals surface area (Å²) in [7, 11) is 0. The molecule has 1 fully saturated rings. The van der Waals surface area contributed by atoms with Gasteiger partial charge in [0.25, 0.3) is 0 Å². The van der Waals surface area contributed by atoms with Crippen LogP contribution in [0, 0.1) is 6.92 Å². The molecule has 29 heavy (non-hydrogen) atoms. The quantitative estimate of drug-likeness (QED) is 0.536. The van der Waals surface area contributed by atoms with Crippen molar-refractivity contribution in [2.24, 2.45) is 0 Å². The average Bonchev–Trinajstić information content (AvgIpc) is 3.44. The number of aromatic nitrogens is 3. The number of carbonyl (C=O) groups is 1. The van der Waals surface area contributed by atoms with E-state index in [2.05, 4.69) is 21.2 Å². The van der Waals surface area contributed by atoms with Crippen LogP contribution in [0.2, 0.25) is 5.02 Å². The van der Waals surface area contributed by atoms with E-state index in [0.29, 0.717) is 36.1 Å². The first-order valence-electron chi connectivity index (χ1n) is 9.52. The monoisotopic (exact) mass is 406 g/mol. The number of fused-ring (bicyclic) bond motifs is 1. The summed E-state index contributed by atoms with van der Waals surface area (Å²) in [6.07, 6.45) is 2.89. The van der Waals surface area contributed by atoms with Crippen LogP contribution in [0.5, 0.6) is 0 Å². The number of amides is 1. The number of hydrogen-bond acceptors (Lipinski definition) is 4. The van der Waals surface area contributed by atoms with Crippen molar-refractivity contribution >= 4 is 34.1 Å². The summed E-state index contributed by atoms with van der Waals surface area (Å²) < 4.78 is 5.49. The maximum absolute atomic E-state index is 12.6. The molecule has 146 valence electrons. The number of anilines is 1. The van der Waals surface area contributed by atoms with E-state index in [1.807, 2.05) is 49.5 Å². The molecule has 3 heterocycles. The molecule has 2 aromatic carbocycles. The third-order valence-electron chi connectivity index (χ3n) is 5.44. The van der Waals surface area contributed by atoms with Gasteiger partial charge >= 0.3 is 0 Å². The van der Waals surface area contributed by atoms with Gasteiger partial charge in [0.05, 0.1) is 6.42 Å². The van der Waals surface area contributed by atoms with Gasteiger partial charge in [-0.15, -0.1) is 0 Å². The van der Waals surface area contributed by atoms with Crippen molar-refractivity contribution < 1.29 is 9.32 Å². The van der Waals surface area contributed by atoms with E-state index in [-0.39, 0.29) is 11.8 Å². The maximum Gasteiger partial charge on any atom is 0.231 e. The van der Waals surface area contributed by atoms with Gasteiger partial charge in [0, 0.05) is 46.7 Å². The van der Waals surface area contributed by atoms with E-state index in [9.17, 15) is 4.79 Å². The number of aromatic amines is 1. The van der Waals surface area contributed by atoms with Crippen molar-refractivity contribution in [1.29, 1.82) is 0 Å². The molecule has 1 amide bonds. The number of nitrogens with zero attached hydrogens (tertiary/aromatic N) is 3. The first-order valence-corrected chi connectivity index (χ1v) is 9.90. The van der Waals surface area contributed by atoms with Crippen LogP contribution in [0.1, 0.15) is 35.2 Å². The molecule has 4 aromatic rings. The highest BCUT2D eigenvalue weighted by Crippen LogP contribution is 2.32. The van der Waals surface area contributed by atoms with Gasteiger partial charge in [-0.1, -0.05) is 35.0 Å². The van der Waals surface area contributed by atoms with Gasteiger partial charge in [-0.3, -0.25) is 4.79 Å². The van der Waals surface area contributed by atoms with E-state index in [1.165, 1.54) is 0 Å². The van der Waals surface area contributed by atoms with Crippen LogP contribution in [-0.4, -0.2) is 27.6 Å². The third kappa shape index (κ3) is 3.29. The maximum atomic E-state index is 12.6. The van der Waals surface area contributed by atoms with Gasteiger partial charge in [-0.05, 0) is 42.3 Å². The molecule has 2 aromatic heterocycles. The number of H-pyrrole nitrogens is 1. The zero-order valence-corrected chi connectivity index (χ0v) is 16.6. The molecule has 0 aliphatic carbocycles. The molecule has 1 saturated heterocycles. The Morgan fingerprint density at radius 3 is 3.00 bits per heavy atom. The highest BCUT2D eigenvalue weighted by atomic mass is 35.5. The largest absolute Gasteiger partial charge is 0.361 e. The minimum atomic E-state index is -0.0843. The Kier molecular flexibility index (Phi) is 4.36. The summed E-state index contributed by atoms with van der Waals surface area (Å²) >= 11 is 6.11. The molecular weight excluding hydrogens is 388 g/mol. The lowest BCUT2D eigenvalue weighted by Crippen LogP contribution is -2.24. The van der Waals surface area contributed by atoms with Crippen LogP contribution in [0.4, 0.5) is 5.69 Å². The number of halogens is 1. The first kappa shape index (κ1) is 17.9. The van der Waals surface area contributed by atoms with Crippen LogP contribution < -0.4 is 4.90 Å². The summed E-state index contributed by atoms with van der Waals surface area (Å²) in [6, 6.07) is 13.7. The Bertz CT molecular complexity index is 1210. The van der Waals surface area contributed by atoms with Crippen molar-refractivity contribution in [3.05, 3.63) is 76.5 Å². The number of rotatable bonds is 4. The molecule has 1 aliphatic rings. The first-order chi connectivity index (χ1) is 14.1. The van der Waals surface area contributed by atoms with E-state index in [4.69, 9.17) is 16.1 Å². The fourth-order valence-electron chi connectivity index (χ4n) is 3.87. The predicted molar refractivity (Wildman–Crippen MR) is 111 cm³/mol. The number of nitrogens with one attached hydrogen (secondary N) is 1. The lowest BCUT2D eigenvalue weighted by molar-refractivity contribution is -0.117. The molecule has 1 unspecified atom stereocenters. The summed E-state index contributed by atoms with van der Waals surface area (Å²) in [6.45, 7) is 2.46. The van der Waals surface area contributed by atoms with Gasteiger partial charge in [-0.25, -0.2) is 0 Å². The molecule has 1 N–H and O–H groups in total. The minimum absolute atomic E-state index is 0.0553. The highest BCUT2D eigenvalue weighted by molar-refractivity contribution is 6.31. The summed E-state index contributed by atoms with van der Waals surface area (Å²) in [5.74, 6) is 1.11. The molecule has 0 spiro atoms. The van der Waals surface area contributed by atoms with E-state index in [1.54, 1.807) is 4.90 Å². The van der Waals surface area contributed by atoms with Gasteiger partial charge < -0.3 is 14.4 Å². The molecule has 5 rings (SSSR count). The topological polar surface area (TPSA) is 75.0 Å². The third-order valence-corrected chi connectivity index (χ3v) is 5.87. The lowest BCUT2D eigenvalue weighted by Gasteiger charge is -2.17. The van der Waals surface area contributed by atoms with Crippen LogP contribution in [0.25, 0.3) is 10.9 Å². The highest BCUT2D eigenvalue weighted by Gasteiger charge is 2.34. The van der Waals surface area contributed by atoms with Crippen molar-refractivity contribution in [1.82, 2.24) is 15.1 Å². The molecule has 1 aliphatic heterocycles. The number of carbonyl (C=O) groups excluding carboxylic acids is 1. The standard InChI is InChI=1S/C22H19ClN4O2/c1-13-8-16(6-7-18(13)23)27-12-15(10-21(27)28)22-25-20(29-26-22)9-14-11-24-19-5-3-2-4-17(14)19/h2-8,11,15,24H,9-10,12H2,1H3. The molecule has 0 saturated carbocycles. The SMILES string of the molecule is Cc1cc(N2CC(c3noc(Cc4c[nH]c5ccccc45)n3)CC2=O)ccc1Cl. The van der Waals surface area contributed by atoms with Crippen LogP contribution >= 0.6 is 11.6 Å².